The van der Waals surface area contributed by atoms with Crippen LogP contribution in [0.5, 0.6) is 5.75 Å². The van der Waals surface area contributed by atoms with Crippen LogP contribution in [0.4, 0.5) is 5.69 Å². The highest BCUT2D eigenvalue weighted by Crippen LogP contribution is 2.26. The average Bonchev–Trinajstić information content (AvgIpc) is 2.20. The number of hydrogen-bond acceptors (Lipinski definition) is 3. The molecule has 0 heterocycles. The Hall–Kier alpha value is -0.780. The van der Waals surface area contributed by atoms with Gasteiger partial charge in [0.05, 0.1) is 5.69 Å². The van der Waals surface area contributed by atoms with Crippen LogP contribution in [-0.2, 0) is 4.79 Å². The summed E-state index contributed by atoms with van der Waals surface area (Å²) in [5.74, 6) is -0.0897. The Morgan fingerprint density at radius 2 is 2.19 bits per heavy atom. The largest absolute Gasteiger partial charge is 0.506 e. The van der Waals surface area contributed by atoms with Crippen LogP contribution in [0, 0.1) is 0 Å². The summed E-state index contributed by atoms with van der Waals surface area (Å²) >= 11 is 3.26. The number of aromatic hydroxyl groups is 1. The predicted molar refractivity (Wildman–Crippen MR) is 70.0 cm³/mol. The van der Waals surface area contributed by atoms with Crippen LogP contribution in [0.15, 0.2) is 22.7 Å². The summed E-state index contributed by atoms with van der Waals surface area (Å²) in [6.07, 6.45) is 1.00. The van der Waals surface area contributed by atoms with Gasteiger partial charge in [-0.2, -0.15) is 0 Å². The molecule has 0 aliphatic heterocycles. The Morgan fingerprint density at radius 3 is 2.81 bits per heavy atom. The number of carbonyl (C=O) groups excluding carboxylic acids is 1. The fourth-order valence-corrected chi connectivity index (χ4v) is 1.44. The first kappa shape index (κ1) is 15.2. The van der Waals surface area contributed by atoms with E-state index in [4.69, 9.17) is 5.73 Å². The Balaban J connectivity index is 0.00000225. The molecule has 16 heavy (non-hydrogen) atoms. The van der Waals surface area contributed by atoms with Gasteiger partial charge in [0.2, 0.25) is 5.91 Å². The molecule has 4 N–H and O–H groups in total. The second-order valence-electron chi connectivity index (χ2n) is 3.10. The maximum Gasteiger partial charge on any atom is 0.224 e. The molecule has 0 aromatic heterocycles. The molecule has 0 aliphatic rings. The van der Waals surface area contributed by atoms with E-state index in [1.807, 2.05) is 0 Å². The molecule has 4 nitrogen and oxygen atoms in total. The van der Waals surface area contributed by atoms with Gasteiger partial charge in [0.15, 0.2) is 0 Å². The van der Waals surface area contributed by atoms with Crippen molar-refractivity contribution in [3.8, 4) is 5.75 Å². The van der Waals surface area contributed by atoms with Gasteiger partial charge in [0, 0.05) is 10.9 Å². The fraction of sp³-hybridized carbons (Fsp3) is 0.300. The molecule has 1 amide bonds. The van der Waals surface area contributed by atoms with Gasteiger partial charge in [-0.3, -0.25) is 4.79 Å². The van der Waals surface area contributed by atoms with Gasteiger partial charge in [0.25, 0.3) is 0 Å². The summed E-state index contributed by atoms with van der Waals surface area (Å²) in [5, 5.41) is 12.1. The first-order valence-corrected chi connectivity index (χ1v) is 5.41. The third-order valence-electron chi connectivity index (χ3n) is 1.84. The summed E-state index contributed by atoms with van der Waals surface area (Å²) < 4.78 is 0.800. The summed E-state index contributed by atoms with van der Waals surface area (Å²) in [6.45, 7) is 0.484. The van der Waals surface area contributed by atoms with Crippen molar-refractivity contribution in [2.75, 3.05) is 11.9 Å². The predicted octanol–water partition coefficient (Wildman–Crippen LogP) is 2.25. The number of benzene rings is 1. The van der Waals surface area contributed by atoms with Crippen molar-refractivity contribution in [1.82, 2.24) is 0 Å². The number of nitrogens with one attached hydrogen (secondary N) is 1. The summed E-state index contributed by atoms with van der Waals surface area (Å²) in [7, 11) is 0. The van der Waals surface area contributed by atoms with Crippen LogP contribution in [0.1, 0.15) is 12.8 Å². The van der Waals surface area contributed by atoms with Gasteiger partial charge in [-0.25, -0.2) is 0 Å². The van der Waals surface area contributed by atoms with E-state index in [-0.39, 0.29) is 24.1 Å². The van der Waals surface area contributed by atoms with Crippen LogP contribution in [0.25, 0.3) is 0 Å². The van der Waals surface area contributed by atoms with Crippen molar-refractivity contribution in [3.63, 3.8) is 0 Å². The molecular weight excluding hydrogens is 295 g/mol. The molecule has 1 aromatic carbocycles. The monoisotopic (exact) mass is 308 g/mol. The Morgan fingerprint density at radius 1 is 1.50 bits per heavy atom. The smallest absolute Gasteiger partial charge is 0.224 e. The highest BCUT2D eigenvalue weighted by molar-refractivity contribution is 9.10. The molecule has 0 spiro atoms. The summed E-state index contributed by atoms with van der Waals surface area (Å²) in [6, 6.07) is 4.86. The fourth-order valence-electron chi connectivity index (χ4n) is 1.08. The van der Waals surface area contributed by atoms with E-state index >= 15 is 0 Å². The number of carbonyl (C=O) groups is 1. The quantitative estimate of drug-likeness (QED) is 0.747. The van der Waals surface area contributed by atoms with Crippen LogP contribution in [-0.4, -0.2) is 17.6 Å². The van der Waals surface area contributed by atoms with Crippen LogP contribution in [0.2, 0.25) is 0 Å². The summed E-state index contributed by atoms with van der Waals surface area (Å²) in [5.41, 5.74) is 5.70. The van der Waals surface area contributed by atoms with Gasteiger partial charge >= 0.3 is 0 Å². The molecule has 0 radical (unpaired) electrons. The number of halogens is 2. The molecule has 0 saturated carbocycles. The van der Waals surface area contributed by atoms with E-state index in [2.05, 4.69) is 21.2 Å². The van der Waals surface area contributed by atoms with E-state index < -0.39 is 0 Å². The van der Waals surface area contributed by atoms with E-state index in [0.29, 0.717) is 25.1 Å². The molecule has 90 valence electrons. The number of phenolic OH excluding ortho intramolecular Hbond substituents is 1. The maximum atomic E-state index is 11.3. The highest BCUT2D eigenvalue weighted by atomic mass is 79.9. The lowest BCUT2D eigenvalue weighted by Gasteiger charge is -2.07. The van der Waals surface area contributed by atoms with E-state index in [9.17, 15) is 9.90 Å². The average molecular weight is 310 g/mol. The number of rotatable bonds is 4. The number of hydrogen-bond donors (Lipinski definition) is 3. The number of anilines is 1. The Kier molecular flexibility index (Phi) is 7.12. The number of nitrogens with two attached hydrogens (primary N) is 1. The second-order valence-corrected chi connectivity index (χ2v) is 4.02. The van der Waals surface area contributed by atoms with E-state index in [1.54, 1.807) is 12.1 Å². The van der Waals surface area contributed by atoms with Gasteiger partial charge in [0.1, 0.15) is 5.75 Å². The minimum absolute atomic E-state index is 0. The lowest BCUT2D eigenvalue weighted by atomic mass is 10.2. The molecule has 0 unspecified atom stereocenters. The van der Waals surface area contributed by atoms with Gasteiger partial charge in [-0.15, -0.1) is 12.4 Å². The molecule has 0 bridgehead atoms. The van der Waals surface area contributed by atoms with Crippen molar-refractivity contribution in [1.29, 1.82) is 0 Å². The minimum Gasteiger partial charge on any atom is -0.506 e. The normalized spacial score (nSPS) is 9.38. The van der Waals surface area contributed by atoms with Crippen molar-refractivity contribution in [3.05, 3.63) is 22.7 Å². The van der Waals surface area contributed by atoms with Crippen LogP contribution >= 0.6 is 28.3 Å². The molecule has 0 fully saturated rings. The van der Waals surface area contributed by atoms with Gasteiger partial charge in [-0.1, -0.05) is 15.9 Å². The van der Waals surface area contributed by atoms with Crippen molar-refractivity contribution < 1.29 is 9.90 Å². The van der Waals surface area contributed by atoms with Crippen molar-refractivity contribution in [2.45, 2.75) is 12.8 Å². The van der Waals surface area contributed by atoms with Crippen LogP contribution in [0.3, 0.4) is 0 Å². The standard InChI is InChI=1S/C10H13BrN2O2.ClH/c11-7-3-4-9(14)8(6-7)13-10(15)2-1-5-12;/h3-4,6,14H,1-2,5,12H2,(H,13,15);1H. The third-order valence-corrected chi connectivity index (χ3v) is 2.33. The Labute approximate surface area is 109 Å². The molecule has 0 atom stereocenters. The van der Waals surface area contributed by atoms with Gasteiger partial charge < -0.3 is 16.2 Å². The van der Waals surface area contributed by atoms with Crippen molar-refractivity contribution in [2.24, 2.45) is 5.73 Å². The summed E-state index contributed by atoms with van der Waals surface area (Å²) in [4.78, 5) is 11.3. The maximum absolute atomic E-state index is 11.3. The zero-order valence-electron chi connectivity index (χ0n) is 8.57. The molecule has 0 saturated heterocycles. The Bertz CT molecular complexity index is 361. The second kappa shape index (κ2) is 7.49. The zero-order chi connectivity index (χ0) is 11.3. The van der Waals surface area contributed by atoms with E-state index in [0.717, 1.165) is 4.47 Å². The molecule has 1 aromatic rings. The number of phenols is 1. The molecular formula is C10H14BrClN2O2. The minimum atomic E-state index is -0.145. The molecule has 6 heteroatoms. The topological polar surface area (TPSA) is 75.4 Å². The lowest BCUT2D eigenvalue weighted by Crippen LogP contribution is -2.13. The molecule has 1 rings (SSSR count). The third kappa shape index (κ3) is 4.83. The lowest BCUT2D eigenvalue weighted by molar-refractivity contribution is -0.116. The number of amides is 1. The van der Waals surface area contributed by atoms with Crippen molar-refractivity contribution >= 4 is 39.9 Å². The SMILES string of the molecule is Cl.NCCCC(=O)Nc1cc(Br)ccc1O. The van der Waals surface area contributed by atoms with Gasteiger partial charge in [-0.05, 0) is 31.2 Å². The highest BCUT2D eigenvalue weighted by Gasteiger charge is 2.06. The van der Waals surface area contributed by atoms with E-state index in [1.165, 1.54) is 6.07 Å². The first-order chi connectivity index (χ1) is 7.13. The van der Waals surface area contributed by atoms with Crippen LogP contribution < -0.4 is 11.1 Å². The zero-order valence-corrected chi connectivity index (χ0v) is 11.0. The first-order valence-electron chi connectivity index (χ1n) is 4.62. The molecule has 0 aliphatic carbocycles.